The van der Waals surface area contributed by atoms with Crippen LogP contribution in [0.2, 0.25) is 19.6 Å². The number of halogens is 3. The summed E-state index contributed by atoms with van der Waals surface area (Å²) in [6, 6.07) is 10.6. The van der Waals surface area contributed by atoms with Crippen molar-refractivity contribution in [3.63, 3.8) is 0 Å². The molecule has 3 aromatic rings. The number of aromatic hydroxyl groups is 1. The molecule has 0 radical (unpaired) electrons. The summed E-state index contributed by atoms with van der Waals surface area (Å²) in [6.07, 6.45) is -2.59. The van der Waals surface area contributed by atoms with Gasteiger partial charge in [-0.2, -0.15) is 0 Å². The number of aromatic nitrogens is 1. The van der Waals surface area contributed by atoms with Crippen LogP contribution in [0.5, 0.6) is 5.88 Å². The molecule has 0 saturated carbocycles. The number of carbonyl (C=O) groups excluding carboxylic acids is 2. The largest absolute Gasteiger partial charge is 0.491 e. The molecule has 0 saturated heterocycles. The van der Waals surface area contributed by atoms with Crippen LogP contribution in [0.1, 0.15) is 27.7 Å². The van der Waals surface area contributed by atoms with Gasteiger partial charge in [0.05, 0.1) is 20.7 Å². The summed E-state index contributed by atoms with van der Waals surface area (Å²) in [4.78, 5) is 27.5. The SMILES string of the molecule is CN(C(=O)c1cc(O)no1)C(C(=O)Nc1ccc([Si](C)(C)C)c(F)c1)c1ccc(COCC(F)F)cc1. The van der Waals surface area contributed by atoms with E-state index in [1.54, 1.807) is 36.4 Å². The fourth-order valence-electron chi connectivity index (χ4n) is 3.68. The Kier molecular flexibility index (Phi) is 8.76. The minimum absolute atomic E-state index is 0.0592. The van der Waals surface area contributed by atoms with Gasteiger partial charge in [0.15, 0.2) is 0 Å². The number of likely N-dealkylation sites (N-methyl/N-ethyl adjacent to an activating group) is 1. The van der Waals surface area contributed by atoms with Crippen molar-refractivity contribution < 1.29 is 37.1 Å². The maximum absolute atomic E-state index is 14.7. The molecule has 198 valence electrons. The number of amides is 2. The highest BCUT2D eigenvalue weighted by Crippen LogP contribution is 2.25. The summed E-state index contributed by atoms with van der Waals surface area (Å²) in [5.74, 6) is -2.59. The first-order chi connectivity index (χ1) is 17.4. The zero-order valence-electron chi connectivity index (χ0n) is 20.8. The zero-order chi connectivity index (χ0) is 27.3. The van der Waals surface area contributed by atoms with E-state index in [1.807, 2.05) is 19.6 Å². The van der Waals surface area contributed by atoms with E-state index in [2.05, 4.69) is 10.5 Å². The summed E-state index contributed by atoms with van der Waals surface area (Å²) < 4.78 is 49.2. The lowest BCUT2D eigenvalue weighted by molar-refractivity contribution is -0.120. The molecule has 2 N–H and O–H groups in total. The highest BCUT2D eigenvalue weighted by atomic mass is 28.3. The van der Waals surface area contributed by atoms with Crippen LogP contribution >= 0.6 is 0 Å². The number of alkyl halides is 2. The molecule has 1 aromatic heterocycles. The molecule has 8 nitrogen and oxygen atoms in total. The number of anilines is 1. The molecule has 2 amide bonds. The molecule has 1 heterocycles. The van der Waals surface area contributed by atoms with E-state index in [4.69, 9.17) is 9.26 Å². The van der Waals surface area contributed by atoms with Gasteiger partial charge in [0.25, 0.3) is 24.1 Å². The zero-order valence-corrected chi connectivity index (χ0v) is 21.8. The number of rotatable bonds is 10. The predicted molar refractivity (Wildman–Crippen MR) is 133 cm³/mol. The number of nitrogens with one attached hydrogen (secondary N) is 1. The smallest absolute Gasteiger partial charge is 0.293 e. The summed E-state index contributed by atoms with van der Waals surface area (Å²) in [5.41, 5.74) is 1.18. The van der Waals surface area contributed by atoms with Crippen molar-refractivity contribution in [1.82, 2.24) is 10.1 Å². The van der Waals surface area contributed by atoms with Gasteiger partial charge in [-0.05, 0) is 33.6 Å². The quantitative estimate of drug-likeness (QED) is 0.375. The number of hydrogen-bond donors (Lipinski definition) is 2. The maximum Gasteiger partial charge on any atom is 0.293 e. The number of ether oxygens (including phenoxy) is 1. The Labute approximate surface area is 213 Å². The fraction of sp³-hybridized carbons (Fsp3) is 0.320. The molecule has 0 aliphatic rings. The van der Waals surface area contributed by atoms with E-state index in [0.717, 1.165) is 11.0 Å². The van der Waals surface area contributed by atoms with Crippen molar-refractivity contribution in [2.45, 2.75) is 38.7 Å². The lowest BCUT2D eigenvalue weighted by atomic mass is 10.0. The third kappa shape index (κ3) is 7.20. The van der Waals surface area contributed by atoms with Crippen LogP contribution in [0, 0.1) is 5.82 Å². The first-order valence-electron chi connectivity index (χ1n) is 11.3. The van der Waals surface area contributed by atoms with Crippen LogP contribution in [-0.2, 0) is 16.1 Å². The van der Waals surface area contributed by atoms with E-state index in [1.165, 1.54) is 13.1 Å². The number of nitrogens with zero attached hydrogens (tertiary/aromatic N) is 2. The van der Waals surface area contributed by atoms with Crippen LogP contribution in [-0.4, -0.2) is 55.1 Å². The van der Waals surface area contributed by atoms with E-state index < -0.39 is 50.7 Å². The normalized spacial score (nSPS) is 12.4. The second kappa shape index (κ2) is 11.6. The van der Waals surface area contributed by atoms with Crippen molar-refractivity contribution >= 4 is 30.8 Å². The molecule has 1 unspecified atom stereocenters. The molecular weight excluding hydrogens is 507 g/mol. The van der Waals surface area contributed by atoms with Crippen LogP contribution in [0.15, 0.2) is 53.1 Å². The predicted octanol–water partition coefficient (Wildman–Crippen LogP) is 4.30. The Morgan fingerprint density at radius 3 is 2.35 bits per heavy atom. The molecule has 3 rings (SSSR count). The lowest BCUT2D eigenvalue weighted by Gasteiger charge is -2.27. The summed E-state index contributed by atoms with van der Waals surface area (Å²) in [6.45, 7) is 5.24. The van der Waals surface area contributed by atoms with E-state index >= 15 is 0 Å². The summed E-state index contributed by atoms with van der Waals surface area (Å²) >= 11 is 0. The molecule has 0 spiro atoms. The molecule has 2 aromatic carbocycles. The number of hydrogen-bond acceptors (Lipinski definition) is 6. The molecule has 12 heteroatoms. The first-order valence-corrected chi connectivity index (χ1v) is 14.8. The van der Waals surface area contributed by atoms with Gasteiger partial charge in [-0.15, -0.1) is 0 Å². The van der Waals surface area contributed by atoms with Crippen LogP contribution in [0.25, 0.3) is 0 Å². The van der Waals surface area contributed by atoms with Crippen molar-refractivity contribution in [3.05, 3.63) is 71.2 Å². The highest BCUT2D eigenvalue weighted by molar-refractivity contribution is 6.88. The average molecular weight is 536 g/mol. The Morgan fingerprint density at radius 2 is 1.81 bits per heavy atom. The topological polar surface area (TPSA) is 105 Å². The molecule has 37 heavy (non-hydrogen) atoms. The van der Waals surface area contributed by atoms with Gasteiger partial charge in [0, 0.05) is 12.7 Å². The lowest BCUT2D eigenvalue weighted by Crippen LogP contribution is -2.40. The van der Waals surface area contributed by atoms with Gasteiger partial charge in [-0.25, -0.2) is 13.2 Å². The second-order valence-electron chi connectivity index (χ2n) is 9.45. The van der Waals surface area contributed by atoms with Crippen LogP contribution < -0.4 is 10.5 Å². The summed E-state index contributed by atoms with van der Waals surface area (Å²) in [7, 11) is -0.572. The highest BCUT2D eigenvalue weighted by Gasteiger charge is 2.32. The minimum Gasteiger partial charge on any atom is -0.491 e. The second-order valence-corrected chi connectivity index (χ2v) is 14.5. The van der Waals surface area contributed by atoms with Gasteiger partial charge in [0.1, 0.15) is 18.5 Å². The summed E-state index contributed by atoms with van der Waals surface area (Å²) in [5, 5.41) is 16.0. The molecule has 0 bridgehead atoms. The fourth-order valence-corrected chi connectivity index (χ4v) is 5.05. The van der Waals surface area contributed by atoms with Crippen molar-refractivity contribution in [2.75, 3.05) is 19.0 Å². The van der Waals surface area contributed by atoms with Crippen molar-refractivity contribution in [2.24, 2.45) is 0 Å². The Hall–Kier alpha value is -3.64. The number of benzene rings is 2. The van der Waals surface area contributed by atoms with Gasteiger partial charge in [-0.1, -0.05) is 50.0 Å². The van der Waals surface area contributed by atoms with Gasteiger partial charge >= 0.3 is 0 Å². The van der Waals surface area contributed by atoms with Gasteiger partial charge < -0.3 is 24.6 Å². The molecule has 0 aliphatic carbocycles. The Balaban J connectivity index is 1.88. The maximum atomic E-state index is 14.7. The first kappa shape index (κ1) is 27.9. The van der Waals surface area contributed by atoms with Gasteiger partial charge in [0.2, 0.25) is 5.76 Å². The van der Waals surface area contributed by atoms with Crippen LogP contribution in [0.4, 0.5) is 18.9 Å². The molecule has 0 fully saturated rings. The van der Waals surface area contributed by atoms with Crippen LogP contribution in [0.3, 0.4) is 0 Å². The third-order valence-corrected chi connectivity index (χ3v) is 7.54. The standard InChI is InChI=1S/C25H28F3N3O5Si/c1-31(25(34)19-12-22(32)30-36-19)23(16-7-5-15(6-8-16)13-35-14-21(27)28)24(33)29-17-9-10-20(18(26)11-17)37(2,3)4/h5-12,21,23H,13-14H2,1-4H3,(H,29,33)(H,30,32). The molecule has 0 aliphatic heterocycles. The number of carbonyl (C=O) groups is 2. The average Bonchev–Trinajstić information content (AvgIpc) is 3.25. The third-order valence-electron chi connectivity index (χ3n) is 5.52. The van der Waals surface area contributed by atoms with E-state index in [0.29, 0.717) is 16.3 Å². The Bertz CT molecular complexity index is 1250. The minimum atomic E-state index is -2.59. The monoisotopic (exact) mass is 535 g/mol. The van der Waals surface area contributed by atoms with Crippen molar-refractivity contribution in [3.8, 4) is 5.88 Å². The van der Waals surface area contributed by atoms with E-state index in [-0.39, 0.29) is 18.1 Å². The molecular formula is C25H28F3N3O5Si. The van der Waals surface area contributed by atoms with Crippen molar-refractivity contribution in [1.29, 1.82) is 0 Å². The van der Waals surface area contributed by atoms with E-state index in [9.17, 15) is 27.9 Å². The Morgan fingerprint density at radius 1 is 1.14 bits per heavy atom. The molecule has 1 atom stereocenters. The van der Waals surface area contributed by atoms with Gasteiger partial charge in [-0.3, -0.25) is 9.59 Å².